The summed E-state index contributed by atoms with van der Waals surface area (Å²) in [7, 11) is 5.39. The maximum atomic E-state index is 13.5. The Bertz CT molecular complexity index is 6810. The highest BCUT2D eigenvalue weighted by atomic mass is 19.1. The highest BCUT2D eigenvalue weighted by molar-refractivity contribution is 6.01. The number of nitrogens with zero attached hydrogens (tertiary/aromatic N) is 19. The van der Waals surface area contributed by atoms with Crippen molar-refractivity contribution in [2.45, 2.75) is 0 Å². The van der Waals surface area contributed by atoms with Crippen molar-refractivity contribution >= 4 is 101 Å². The summed E-state index contributed by atoms with van der Waals surface area (Å²) in [4.78, 5) is 109. The average Bonchev–Trinajstić information content (AvgIpc) is 1.62. The van der Waals surface area contributed by atoms with E-state index >= 15 is 0 Å². The lowest BCUT2D eigenvalue weighted by atomic mass is 10.1. The van der Waals surface area contributed by atoms with Crippen LogP contribution in [0.4, 0.5) is 44.6 Å². The molecule has 20 rings (SSSR count). The van der Waals surface area contributed by atoms with Crippen molar-refractivity contribution in [2.24, 2.45) is 0 Å². The number of carbonyl (C=O) groups excluding carboxylic acids is 3. The van der Waals surface area contributed by atoms with E-state index in [1.165, 1.54) is 41.3 Å². The van der Waals surface area contributed by atoms with Gasteiger partial charge in [0.2, 0.25) is 0 Å². The first-order valence-corrected chi connectivity index (χ1v) is 37.2. The normalized spacial score (nSPS) is 13.1. The van der Waals surface area contributed by atoms with Crippen LogP contribution in [0.5, 0.6) is 0 Å². The lowest BCUT2D eigenvalue weighted by Crippen LogP contribution is -2.48. The van der Waals surface area contributed by atoms with Crippen LogP contribution in [0.1, 0.15) is 0 Å². The first-order valence-electron chi connectivity index (χ1n) is 37.2. The number of H-pyrrole nitrogens is 6. The molecule has 15 aromatic heterocycles. The minimum absolute atomic E-state index is 0.137. The molecule has 0 atom stereocenters. The summed E-state index contributed by atoms with van der Waals surface area (Å²) in [5.74, 6) is 0.792. The van der Waals surface area contributed by atoms with Crippen molar-refractivity contribution in [3.63, 3.8) is 0 Å². The first kappa shape index (κ1) is 73.8. The molecule has 18 aromatic rings. The number of rotatable bonds is 12. The highest BCUT2D eigenvalue weighted by Crippen LogP contribution is 2.38. The molecule has 3 aromatic carbocycles. The van der Waals surface area contributed by atoms with Gasteiger partial charge in [-0.25, -0.2) is 57.5 Å². The number of ether oxygens (including phenoxy) is 1. The minimum Gasteiger partial charge on any atom is -0.378 e. The van der Waals surface area contributed by atoms with E-state index in [0.717, 1.165) is 113 Å². The topological polar surface area (TPSA) is 398 Å². The zero-order chi connectivity index (χ0) is 80.5. The lowest BCUT2D eigenvalue weighted by Gasteiger charge is -2.32. The van der Waals surface area contributed by atoms with Crippen LogP contribution in [-0.4, -0.2) is 217 Å². The quantitative estimate of drug-likeness (QED) is 0.0548. The third kappa shape index (κ3) is 15.3. The summed E-state index contributed by atoms with van der Waals surface area (Å²) in [5, 5.41) is 33.2. The first-order chi connectivity index (χ1) is 57.6. The highest BCUT2D eigenvalue weighted by Gasteiger charge is 2.25. The number of nitrogens with one attached hydrogen (secondary N) is 9. The van der Waals surface area contributed by atoms with E-state index in [9.17, 15) is 27.6 Å². The molecule has 0 aliphatic carbocycles. The van der Waals surface area contributed by atoms with Crippen LogP contribution in [-0.2, 0) is 4.74 Å². The smallest absolute Gasteiger partial charge is 0.322 e. The molecule has 118 heavy (non-hydrogen) atoms. The molecule has 35 heteroatoms. The van der Waals surface area contributed by atoms with Crippen molar-refractivity contribution < 1.29 is 32.3 Å². The number of aromatic amines is 6. The number of carbonyl (C=O) groups is 3. The van der Waals surface area contributed by atoms with Crippen LogP contribution in [0.2, 0.25) is 0 Å². The van der Waals surface area contributed by atoms with E-state index in [0.29, 0.717) is 125 Å². The second kappa shape index (κ2) is 31.7. The van der Waals surface area contributed by atoms with Crippen LogP contribution in [0.25, 0.3) is 168 Å². The van der Waals surface area contributed by atoms with Crippen molar-refractivity contribution in [3.05, 3.63) is 220 Å². The Morgan fingerprint density at radius 1 is 0.381 bits per heavy atom. The number of amides is 6. The van der Waals surface area contributed by atoms with Gasteiger partial charge in [-0.1, -0.05) is 36.4 Å². The maximum Gasteiger partial charge on any atom is 0.322 e. The Morgan fingerprint density at radius 3 is 1.05 bits per heavy atom. The Labute approximate surface area is 665 Å². The molecule has 584 valence electrons. The van der Waals surface area contributed by atoms with E-state index in [1.54, 1.807) is 148 Å². The number of likely N-dealkylation sites (N-methyl/N-ethyl adjacent to an activating group) is 1. The maximum absolute atomic E-state index is 13.5. The Morgan fingerprint density at radius 2 is 0.703 bits per heavy atom. The molecule has 2 saturated heterocycles. The number of fused-ring (bicyclic) bond motifs is 6. The van der Waals surface area contributed by atoms with Crippen molar-refractivity contribution in [3.8, 4) is 101 Å². The number of anilines is 3. The Kier molecular flexibility index (Phi) is 19.8. The molecule has 2 fully saturated rings. The number of piperazine rings is 1. The van der Waals surface area contributed by atoms with E-state index in [2.05, 4.69) is 118 Å². The number of imidazole rings is 3. The molecular weight excluding hydrogens is 1510 g/mol. The summed E-state index contributed by atoms with van der Waals surface area (Å²) in [6, 6.07) is 29.6. The summed E-state index contributed by atoms with van der Waals surface area (Å²) in [6.45, 7) is 5.21. The third-order valence-corrected chi connectivity index (χ3v) is 20.1. The van der Waals surface area contributed by atoms with Gasteiger partial charge in [-0.2, -0.15) is 15.3 Å². The van der Waals surface area contributed by atoms with Gasteiger partial charge in [0.05, 0.1) is 117 Å². The summed E-state index contributed by atoms with van der Waals surface area (Å²) in [6.07, 6.45) is 25.4. The van der Waals surface area contributed by atoms with Gasteiger partial charge in [-0.3, -0.25) is 45.2 Å². The van der Waals surface area contributed by atoms with Crippen LogP contribution < -0.4 is 16.0 Å². The minimum atomic E-state index is -0.306. The number of urea groups is 3. The molecule has 0 saturated carbocycles. The molecular formula is C83H67F3N28O4. The monoisotopic (exact) mass is 1580 g/mol. The number of pyridine rings is 9. The number of morpholine rings is 1. The fourth-order valence-electron chi connectivity index (χ4n) is 13.8. The van der Waals surface area contributed by atoms with Crippen LogP contribution in [0.3, 0.4) is 0 Å². The van der Waals surface area contributed by atoms with Gasteiger partial charge in [-0.05, 0) is 96.5 Å². The van der Waals surface area contributed by atoms with Gasteiger partial charge >= 0.3 is 18.1 Å². The van der Waals surface area contributed by atoms with Crippen LogP contribution >= 0.6 is 0 Å². The van der Waals surface area contributed by atoms with Gasteiger partial charge in [0.25, 0.3) is 0 Å². The van der Waals surface area contributed by atoms with Gasteiger partial charge in [0.15, 0.2) is 34.4 Å². The Hall–Kier alpha value is -15.7. The fraction of sp³-hybridized carbons (Fsp3) is 0.133. The van der Waals surface area contributed by atoms with E-state index in [4.69, 9.17) is 19.7 Å². The zero-order valence-corrected chi connectivity index (χ0v) is 63.0. The summed E-state index contributed by atoms with van der Waals surface area (Å²) < 4.78 is 45.7. The van der Waals surface area contributed by atoms with Gasteiger partial charge in [-0.15, -0.1) is 0 Å². The predicted octanol–water partition coefficient (Wildman–Crippen LogP) is 14.0. The third-order valence-electron chi connectivity index (χ3n) is 20.1. The number of hydrogen-bond donors (Lipinski definition) is 9. The second-order valence-electron chi connectivity index (χ2n) is 28.1. The molecule has 9 N–H and O–H groups in total. The van der Waals surface area contributed by atoms with Crippen molar-refractivity contribution in [1.82, 2.24) is 125 Å². The van der Waals surface area contributed by atoms with Crippen LogP contribution in [0, 0.1) is 17.5 Å². The lowest BCUT2D eigenvalue weighted by molar-refractivity contribution is 0.0564. The number of hydrogen-bond acceptors (Lipinski definition) is 20. The number of halogens is 3. The molecule has 2 aliphatic rings. The van der Waals surface area contributed by atoms with Gasteiger partial charge in [0.1, 0.15) is 34.5 Å². The van der Waals surface area contributed by atoms with E-state index in [-0.39, 0.29) is 35.5 Å². The summed E-state index contributed by atoms with van der Waals surface area (Å²) >= 11 is 0. The van der Waals surface area contributed by atoms with E-state index < -0.39 is 0 Å². The number of aromatic nitrogens is 21. The molecule has 0 radical (unpaired) electrons. The average molecular weight is 1580 g/mol. The van der Waals surface area contributed by atoms with Crippen molar-refractivity contribution in [2.75, 3.05) is 89.6 Å². The molecule has 17 heterocycles. The van der Waals surface area contributed by atoms with Crippen molar-refractivity contribution in [1.29, 1.82) is 0 Å². The van der Waals surface area contributed by atoms with Crippen LogP contribution in [0.15, 0.2) is 202 Å². The fourth-order valence-corrected chi connectivity index (χ4v) is 13.8. The zero-order valence-electron chi connectivity index (χ0n) is 63.0. The second-order valence-corrected chi connectivity index (χ2v) is 28.1. The molecule has 6 amide bonds. The standard InChI is InChI=1S/C29H25FN10O.C28H22FN9O2.C26H20FN9O/c1-39-6-8-40(9-7-39)29(41)34-21-10-18(12-31-14-21)19-11-22-26(37-38-27(22)33-13-19)28-35-24-16-32-15-23(25(24)36-28)17-2-4-20(30)5-3-17;29-19-3-1-16(2-4-19)22-14-31-15-23-24(22)35-27(34-23)25-21-10-18(12-32-26(21)37-36-25)17-9-20(13-30-11-17)33-28(39)38-5-7-40-8-6-38;1-36(2)26(37)31-18-7-15(9-28-11-18)16-8-19-23(34-35-24(19)30-10-16)25-32-21-13-29-12-20(22(21)33-25)14-3-5-17(27)6-4-14/h2-5,10-16H,6-9H2,1H3,(H,34,41)(H,35,36)(H,33,37,38);1-4,9-15H,5-8H2,(H,33,39)(H,34,35)(H,32,36,37);3-13H,1-2H3,(H,31,37)(H,32,33)(H,30,34,35). The largest absolute Gasteiger partial charge is 0.378 e. The molecule has 32 nitrogen and oxygen atoms in total. The van der Waals surface area contributed by atoms with Gasteiger partial charge in [0, 0.05) is 159 Å². The SMILES string of the molecule is CN(C)C(=O)Nc1cncc(-c2cnc3n[nH]c(-c4nc5c(-c6ccc(F)cc6)cncc5[nH]4)c3c2)c1.CN1CCN(C(=O)Nc2cncc(-c3cnc4n[nH]c(-c5nc6c(-c7ccc(F)cc7)cncc6[nH]5)c4c3)c2)CC1.O=C(Nc1cncc(-c2cnc3n[nH]c(-c4nc5c(-c6ccc(F)cc6)cncc5[nH]4)c3c2)c1)N1CCOCC1. The molecule has 2 aliphatic heterocycles. The Balaban J connectivity index is 0.000000122. The summed E-state index contributed by atoms with van der Waals surface area (Å²) in [5.41, 5.74) is 19.2. The number of benzene rings is 3. The van der Waals surface area contributed by atoms with Gasteiger partial charge < -0.3 is 55.2 Å². The van der Waals surface area contributed by atoms with E-state index in [1.807, 2.05) is 41.3 Å². The predicted molar refractivity (Wildman–Crippen MR) is 438 cm³/mol. The molecule has 0 bridgehead atoms. The molecule has 0 unspecified atom stereocenters. The molecule has 0 spiro atoms.